The van der Waals surface area contributed by atoms with Gasteiger partial charge in [0.05, 0.1) is 13.5 Å². The van der Waals surface area contributed by atoms with Crippen LogP contribution < -0.4 is 10.1 Å². The molecule has 0 aromatic heterocycles. The Kier molecular flexibility index (Phi) is 4.97. The number of aliphatic carboxylic acids is 1. The van der Waals surface area contributed by atoms with Crippen LogP contribution in [0.4, 0.5) is 0 Å². The number of rotatable bonds is 6. The summed E-state index contributed by atoms with van der Waals surface area (Å²) in [7, 11) is 1.63. The number of hydrogen-bond donors (Lipinski definition) is 2. The highest BCUT2D eigenvalue weighted by Crippen LogP contribution is 2.17. The molecule has 94 valence electrons. The third-order valence-corrected chi connectivity index (χ3v) is 2.63. The van der Waals surface area contributed by atoms with Crippen molar-refractivity contribution in [3.8, 4) is 5.75 Å². The first kappa shape index (κ1) is 13.5. The summed E-state index contributed by atoms with van der Waals surface area (Å²) in [5.41, 5.74) is 1.11. The minimum Gasteiger partial charge on any atom is -0.497 e. The summed E-state index contributed by atoms with van der Waals surface area (Å²) in [4.78, 5) is 10.6. The average Bonchev–Trinajstić information content (AvgIpc) is 2.28. The number of benzene rings is 1. The Hall–Kier alpha value is -1.55. The highest BCUT2D eigenvalue weighted by Gasteiger charge is 2.12. The first-order valence-electron chi connectivity index (χ1n) is 5.64. The molecule has 2 atom stereocenters. The van der Waals surface area contributed by atoms with Gasteiger partial charge in [0.1, 0.15) is 5.75 Å². The zero-order valence-electron chi connectivity index (χ0n) is 10.4. The van der Waals surface area contributed by atoms with E-state index in [0.29, 0.717) is 0 Å². The van der Waals surface area contributed by atoms with Crippen LogP contribution in [0.5, 0.6) is 5.75 Å². The van der Waals surface area contributed by atoms with E-state index in [0.717, 1.165) is 11.3 Å². The lowest BCUT2D eigenvalue weighted by atomic mass is 10.1. The molecule has 1 unspecified atom stereocenters. The smallest absolute Gasteiger partial charge is 0.304 e. The number of methoxy groups -OCH3 is 1. The summed E-state index contributed by atoms with van der Waals surface area (Å²) in [6.45, 7) is 3.88. The summed E-state index contributed by atoms with van der Waals surface area (Å²) in [5, 5.41) is 11.9. The highest BCUT2D eigenvalue weighted by molar-refractivity contribution is 5.67. The third-order valence-electron chi connectivity index (χ3n) is 2.63. The van der Waals surface area contributed by atoms with Gasteiger partial charge in [0, 0.05) is 12.1 Å². The molecule has 0 saturated heterocycles. The van der Waals surface area contributed by atoms with E-state index in [4.69, 9.17) is 9.84 Å². The maximum Gasteiger partial charge on any atom is 0.304 e. The van der Waals surface area contributed by atoms with Crippen molar-refractivity contribution >= 4 is 5.97 Å². The number of ether oxygens (including phenoxy) is 1. The predicted octanol–water partition coefficient (Wildman–Crippen LogP) is 2.21. The summed E-state index contributed by atoms with van der Waals surface area (Å²) in [6.07, 6.45) is 0.125. The minimum atomic E-state index is -0.785. The fourth-order valence-electron chi connectivity index (χ4n) is 1.74. The first-order chi connectivity index (χ1) is 8.02. The maximum absolute atomic E-state index is 10.6. The third kappa shape index (κ3) is 4.44. The number of hydrogen-bond acceptors (Lipinski definition) is 3. The Morgan fingerprint density at radius 3 is 2.41 bits per heavy atom. The second-order valence-electron chi connectivity index (χ2n) is 4.16. The molecule has 4 nitrogen and oxygen atoms in total. The summed E-state index contributed by atoms with van der Waals surface area (Å²) >= 11 is 0. The zero-order valence-corrected chi connectivity index (χ0v) is 10.4. The van der Waals surface area contributed by atoms with Crippen molar-refractivity contribution in [3.05, 3.63) is 29.8 Å². The van der Waals surface area contributed by atoms with Crippen LogP contribution >= 0.6 is 0 Å². The van der Waals surface area contributed by atoms with Crippen molar-refractivity contribution in [2.45, 2.75) is 32.4 Å². The molecule has 1 rings (SSSR count). The maximum atomic E-state index is 10.6. The zero-order chi connectivity index (χ0) is 12.8. The molecule has 0 aliphatic heterocycles. The van der Waals surface area contributed by atoms with E-state index in [1.54, 1.807) is 7.11 Å². The topological polar surface area (TPSA) is 58.6 Å². The molecule has 0 fully saturated rings. The van der Waals surface area contributed by atoms with Gasteiger partial charge in [-0.25, -0.2) is 0 Å². The van der Waals surface area contributed by atoms with Gasteiger partial charge in [0.25, 0.3) is 0 Å². The second-order valence-corrected chi connectivity index (χ2v) is 4.16. The van der Waals surface area contributed by atoms with E-state index in [9.17, 15) is 4.79 Å². The number of carboxylic acids is 1. The van der Waals surface area contributed by atoms with Gasteiger partial charge in [0.2, 0.25) is 0 Å². The fraction of sp³-hybridized carbons (Fsp3) is 0.462. The van der Waals surface area contributed by atoms with Gasteiger partial charge in [0.15, 0.2) is 0 Å². The molecule has 0 saturated carbocycles. The van der Waals surface area contributed by atoms with Crippen LogP contribution in [-0.4, -0.2) is 24.2 Å². The van der Waals surface area contributed by atoms with Crippen molar-refractivity contribution in [2.75, 3.05) is 7.11 Å². The molecule has 1 aromatic rings. The lowest BCUT2D eigenvalue weighted by Gasteiger charge is -2.19. The summed E-state index contributed by atoms with van der Waals surface area (Å²) in [5.74, 6) is 0.0338. The highest BCUT2D eigenvalue weighted by atomic mass is 16.5. The molecular formula is C13H19NO3. The van der Waals surface area contributed by atoms with Crippen molar-refractivity contribution in [3.63, 3.8) is 0 Å². The second kappa shape index (κ2) is 6.25. The SMILES string of the molecule is COc1ccc([C@H](C)NC(C)CC(=O)O)cc1. The van der Waals surface area contributed by atoms with E-state index < -0.39 is 5.97 Å². The van der Waals surface area contributed by atoms with Crippen LogP contribution in [0.25, 0.3) is 0 Å². The molecule has 2 N–H and O–H groups in total. The van der Waals surface area contributed by atoms with Crippen molar-refractivity contribution in [1.29, 1.82) is 0 Å². The molecule has 0 aliphatic rings. The van der Waals surface area contributed by atoms with Gasteiger partial charge < -0.3 is 15.2 Å². The van der Waals surface area contributed by atoms with Crippen molar-refractivity contribution < 1.29 is 14.6 Å². The Morgan fingerprint density at radius 1 is 1.35 bits per heavy atom. The van der Waals surface area contributed by atoms with Crippen molar-refractivity contribution in [2.24, 2.45) is 0 Å². The molecule has 1 aromatic carbocycles. The predicted molar refractivity (Wildman–Crippen MR) is 66.3 cm³/mol. The van der Waals surface area contributed by atoms with Crippen LogP contribution in [-0.2, 0) is 4.79 Å². The van der Waals surface area contributed by atoms with Gasteiger partial charge in [-0.05, 0) is 31.5 Å². The molecule has 0 aliphatic carbocycles. The molecule has 0 radical (unpaired) electrons. The quantitative estimate of drug-likeness (QED) is 0.796. The molecule has 0 amide bonds. The number of carboxylic acid groups (broad SMARTS) is 1. The molecule has 0 bridgehead atoms. The normalized spacial score (nSPS) is 14.1. The van der Waals surface area contributed by atoms with Crippen molar-refractivity contribution in [1.82, 2.24) is 5.32 Å². The van der Waals surface area contributed by atoms with E-state index in [2.05, 4.69) is 5.32 Å². The van der Waals surface area contributed by atoms with Gasteiger partial charge in [-0.3, -0.25) is 4.79 Å². The van der Waals surface area contributed by atoms with Crippen LogP contribution in [0.3, 0.4) is 0 Å². The Morgan fingerprint density at radius 2 is 1.94 bits per heavy atom. The van der Waals surface area contributed by atoms with Gasteiger partial charge in [-0.2, -0.15) is 0 Å². The Bertz CT molecular complexity index is 361. The van der Waals surface area contributed by atoms with Crippen LogP contribution in [0.1, 0.15) is 31.9 Å². The first-order valence-corrected chi connectivity index (χ1v) is 5.64. The van der Waals surface area contributed by atoms with Gasteiger partial charge in [-0.15, -0.1) is 0 Å². The van der Waals surface area contributed by atoms with Gasteiger partial charge in [-0.1, -0.05) is 12.1 Å². The summed E-state index contributed by atoms with van der Waals surface area (Å²) < 4.78 is 5.08. The molecule has 4 heteroatoms. The number of carbonyl (C=O) groups is 1. The Labute approximate surface area is 102 Å². The molecule has 0 heterocycles. The Balaban J connectivity index is 2.56. The minimum absolute atomic E-state index is 0.0513. The van der Waals surface area contributed by atoms with Crippen LogP contribution in [0.2, 0.25) is 0 Å². The van der Waals surface area contributed by atoms with E-state index in [1.807, 2.05) is 38.1 Å². The lowest BCUT2D eigenvalue weighted by Crippen LogP contribution is -2.30. The molecule has 0 spiro atoms. The molecular weight excluding hydrogens is 218 g/mol. The lowest BCUT2D eigenvalue weighted by molar-refractivity contribution is -0.137. The monoisotopic (exact) mass is 237 g/mol. The fourth-order valence-corrected chi connectivity index (χ4v) is 1.74. The van der Waals surface area contributed by atoms with Crippen LogP contribution in [0, 0.1) is 0 Å². The summed E-state index contributed by atoms with van der Waals surface area (Å²) in [6, 6.07) is 7.82. The number of nitrogens with one attached hydrogen (secondary N) is 1. The van der Waals surface area contributed by atoms with E-state index >= 15 is 0 Å². The molecule has 17 heavy (non-hydrogen) atoms. The van der Waals surface area contributed by atoms with Crippen LogP contribution in [0.15, 0.2) is 24.3 Å². The van der Waals surface area contributed by atoms with E-state index in [1.165, 1.54) is 0 Å². The largest absolute Gasteiger partial charge is 0.497 e. The van der Waals surface area contributed by atoms with E-state index in [-0.39, 0.29) is 18.5 Å². The average molecular weight is 237 g/mol. The standard InChI is InChI=1S/C13H19NO3/c1-9(8-13(15)16)14-10(2)11-4-6-12(17-3)7-5-11/h4-7,9-10,14H,8H2,1-3H3,(H,15,16)/t9?,10-/m0/s1. The van der Waals surface area contributed by atoms with Gasteiger partial charge >= 0.3 is 5.97 Å².